The van der Waals surface area contributed by atoms with Gasteiger partial charge in [0.2, 0.25) is 0 Å². The summed E-state index contributed by atoms with van der Waals surface area (Å²) in [6.07, 6.45) is 1.74. The van der Waals surface area contributed by atoms with Gasteiger partial charge in [0, 0.05) is 25.4 Å². The highest BCUT2D eigenvalue weighted by atomic mass is 16.3. The molecular weight excluding hydrogens is 210 g/mol. The number of aromatic nitrogens is 3. The number of rotatable bonds is 5. The lowest BCUT2D eigenvalue weighted by atomic mass is 10.4. The molecular formula is C9H15N5O2. The first kappa shape index (κ1) is 10.8. The van der Waals surface area contributed by atoms with Crippen molar-refractivity contribution in [1.29, 1.82) is 0 Å². The summed E-state index contributed by atoms with van der Waals surface area (Å²) in [6.45, 7) is 0.770. The van der Waals surface area contributed by atoms with Crippen molar-refractivity contribution in [2.24, 2.45) is 0 Å². The van der Waals surface area contributed by atoms with Crippen molar-refractivity contribution in [3.05, 3.63) is 12.3 Å². The van der Waals surface area contributed by atoms with Crippen LogP contribution in [0.2, 0.25) is 0 Å². The van der Waals surface area contributed by atoms with Gasteiger partial charge in [-0.25, -0.2) is 9.50 Å². The summed E-state index contributed by atoms with van der Waals surface area (Å²) in [5.41, 5.74) is 6.63. The minimum absolute atomic E-state index is 0.00903. The number of H-pyrrole nitrogens is 1. The van der Waals surface area contributed by atoms with Crippen LogP contribution in [0.25, 0.3) is 5.65 Å². The Morgan fingerprint density at radius 3 is 2.62 bits per heavy atom. The van der Waals surface area contributed by atoms with Crippen LogP contribution < -0.4 is 10.6 Å². The number of nitrogens with two attached hydrogens (primary N) is 1. The third-order valence-electron chi connectivity index (χ3n) is 2.39. The highest BCUT2D eigenvalue weighted by Gasteiger charge is 2.15. The maximum absolute atomic E-state index is 8.93. The molecule has 0 saturated heterocycles. The standard InChI is InChI=1S/C9H15N5O2/c10-8-9(13(3-5-15)4-6-16)12-7-1-2-11-14(7)8/h1-2,11,15-16H,3-6,10H2. The van der Waals surface area contributed by atoms with Crippen molar-refractivity contribution in [1.82, 2.24) is 14.6 Å². The smallest absolute Gasteiger partial charge is 0.173 e. The van der Waals surface area contributed by atoms with Crippen LogP contribution in [0.4, 0.5) is 11.6 Å². The number of aliphatic hydroxyl groups is 2. The second kappa shape index (κ2) is 4.42. The van der Waals surface area contributed by atoms with Crippen LogP contribution in [0.15, 0.2) is 12.3 Å². The quantitative estimate of drug-likeness (QED) is 0.524. The summed E-state index contributed by atoms with van der Waals surface area (Å²) in [4.78, 5) is 6.07. The second-order valence-electron chi connectivity index (χ2n) is 3.41. The van der Waals surface area contributed by atoms with Gasteiger partial charge in [-0.05, 0) is 0 Å². The predicted molar refractivity (Wildman–Crippen MR) is 60.3 cm³/mol. The molecule has 0 aliphatic heterocycles. The van der Waals surface area contributed by atoms with E-state index in [0.29, 0.717) is 30.4 Å². The molecule has 5 N–H and O–H groups in total. The zero-order valence-electron chi connectivity index (χ0n) is 8.80. The van der Waals surface area contributed by atoms with Crippen molar-refractivity contribution in [2.45, 2.75) is 0 Å². The lowest BCUT2D eigenvalue weighted by Gasteiger charge is -2.20. The van der Waals surface area contributed by atoms with Crippen LogP contribution in [-0.2, 0) is 0 Å². The number of aliphatic hydroxyl groups excluding tert-OH is 2. The Labute approximate surface area is 92.1 Å². The number of aromatic amines is 1. The summed E-state index contributed by atoms with van der Waals surface area (Å²) in [7, 11) is 0. The number of imidazole rings is 1. The summed E-state index contributed by atoms with van der Waals surface area (Å²) < 4.78 is 1.65. The molecule has 0 saturated carbocycles. The van der Waals surface area contributed by atoms with Crippen LogP contribution in [0, 0.1) is 0 Å². The largest absolute Gasteiger partial charge is 0.395 e. The van der Waals surface area contributed by atoms with Gasteiger partial charge in [-0.15, -0.1) is 0 Å². The molecule has 2 heterocycles. The fourth-order valence-corrected chi connectivity index (χ4v) is 1.67. The van der Waals surface area contributed by atoms with E-state index in [1.165, 1.54) is 0 Å². The third-order valence-corrected chi connectivity index (χ3v) is 2.39. The molecule has 88 valence electrons. The van der Waals surface area contributed by atoms with Gasteiger partial charge in [0.1, 0.15) is 0 Å². The van der Waals surface area contributed by atoms with Gasteiger partial charge in [0.15, 0.2) is 17.3 Å². The van der Waals surface area contributed by atoms with Crippen molar-refractivity contribution >= 4 is 17.3 Å². The van der Waals surface area contributed by atoms with Gasteiger partial charge in [0.05, 0.1) is 13.2 Å². The molecule has 0 radical (unpaired) electrons. The molecule has 0 fully saturated rings. The van der Waals surface area contributed by atoms with Gasteiger partial charge >= 0.3 is 0 Å². The molecule has 2 aromatic heterocycles. The van der Waals surface area contributed by atoms with E-state index in [4.69, 9.17) is 15.9 Å². The van der Waals surface area contributed by atoms with E-state index >= 15 is 0 Å². The third kappa shape index (κ3) is 1.70. The highest BCUT2D eigenvalue weighted by Crippen LogP contribution is 2.22. The van der Waals surface area contributed by atoms with Crippen molar-refractivity contribution < 1.29 is 10.2 Å². The van der Waals surface area contributed by atoms with Gasteiger partial charge in [-0.3, -0.25) is 5.10 Å². The Morgan fingerprint density at radius 1 is 1.38 bits per heavy atom. The van der Waals surface area contributed by atoms with Gasteiger partial charge in [0.25, 0.3) is 0 Å². The Hall–Kier alpha value is -1.73. The summed E-state index contributed by atoms with van der Waals surface area (Å²) in [5.74, 6) is 1.05. The predicted octanol–water partition coefficient (Wildman–Crippen LogP) is -0.964. The average Bonchev–Trinajstić information content (AvgIpc) is 2.82. The second-order valence-corrected chi connectivity index (χ2v) is 3.41. The minimum Gasteiger partial charge on any atom is -0.395 e. The Bertz CT molecular complexity index is 457. The summed E-state index contributed by atoms with van der Waals surface area (Å²) in [5, 5.41) is 20.8. The molecule has 0 atom stereocenters. The number of fused-ring (bicyclic) bond motifs is 1. The monoisotopic (exact) mass is 225 g/mol. The van der Waals surface area contributed by atoms with Gasteiger partial charge < -0.3 is 20.8 Å². The molecule has 0 aliphatic carbocycles. The maximum atomic E-state index is 8.93. The van der Waals surface area contributed by atoms with E-state index in [-0.39, 0.29) is 13.2 Å². The van der Waals surface area contributed by atoms with Crippen LogP contribution >= 0.6 is 0 Å². The van der Waals surface area contributed by atoms with Crippen LogP contribution in [-0.4, -0.2) is 51.1 Å². The molecule has 0 aliphatic rings. The van der Waals surface area contributed by atoms with Crippen LogP contribution in [0.5, 0.6) is 0 Å². The number of anilines is 2. The van der Waals surface area contributed by atoms with E-state index in [2.05, 4.69) is 10.1 Å². The van der Waals surface area contributed by atoms with E-state index in [1.54, 1.807) is 21.7 Å². The molecule has 0 bridgehead atoms. The molecule has 2 aromatic rings. The van der Waals surface area contributed by atoms with Crippen molar-refractivity contribution in [3.63, 3.8) is 0 Å². The van der Waals surface area contributed by atoms with Gasteiger partial charge in [-0.2, -0.15) is 0 Å². The average molecular weight is 225 g/mol. The van der Waals surface area contributed by atoms with Gasteiger partial charge in [-0.1, -0.05) is 0 Å². The SMILES string of the molecule is Nc1c(N(CCO)CCO)nc2cc[nH]n12. The van der Waals surface area contributed by atoms with E-state index in [1.807, 2.05) is 0 Å². The summed E-state index contributed by atoms with van der Waals surface area (Å²) >= 11 is 0. The normalized spacial score (nSPS) is 11.1. The molecule has 7 nitrogen and oxygen atoms in total. The Balaban J connectivity index is 2.35. The summed E-state index contributed by atoms with van der Waals surface area (Å²) in [6, 6.07) is 1.80. The zero-order valence-corrected chi connectivity index (χ0v) is 8.80. The minimum atomic E-state index is -0.00903. The van der Waals surface area contributed by atoms with E-state index < -0.39 is 0 Å². The number of hydrogen-bond donors (Lipinski definition) is 4. The fourth-order valence-electron chi connectivity index (χ4n) is 1.67. The topological polar surface area (TPSA) is 103 Å². The molecule has 2 rings (SSSR count). The zero-order chi connectivity index (χ0) is 11.5. The maximum Gasteiger partial charge on any atom is 0.173 e. The fraction of sp³-hybridized carbons (Fsp3) is 0.444. The number of nitrogen functional groups attached to an aromatic ring is 1. The van der Waals surface area contributed by atoms with E-state index in [0.717, 1.165) is 0 Å². The first-order valence-electron chi connectivity index (χ1n) is 5.06. The van der Waals surface area contributed by atoms with Crippen LogP contribution in [0.3, 0.4) is 0 Å². The molecule has 0 unspecified atom stereocenters. The first-order chi connectivity index (χ1) is 7.77. The molecule has 0 amide bonds. The number of nitrogens with one attached hydrogen (secondary N) is 1. The first-order valence-corrected chi connectivity index (χ1v) is 5.06. The van der Waals surface area contributed by atoms with E-state index in [9.17, 15) is 0 Å². The van der Waals surface area contributed by atoms with Crippen LogP contribution in [0.1, 0.15) is 0 Å². The number of nitrogens with zero attached hydrogens (tertiary/aromatic N) is 3. The molecule has 7 heteroatoms. The Kier molecular flexibility index (Phi) is 2.97. The highest BCUT2D eigenvalue weighted by molar-refractivity contribution is 5.66. The Morgan fingerprint density at radius 2 is 2.06 bits per heavy atom. The lowest BCUT2D eigenvalue weighted by molar-refractivity contribution is 0.281. The van der Waals surface area contributed by atoms with Crippen molar-refractivity contribution in [2.75, 3.05) is 36.9 Å². The lowest BCUT2D eigenvalue weighted by Crippen LogP contribution is -2.30. The molecule has 16 heavy (non-hydrogen) atoms. The molecule has 0 aromatic carbocycles. The van der Waals surface area contributed by atoms with Crippen molar-refractivity contribution in [3.8, 4) is 0 Å². The molecule has 0 spiro atoms. The number of hydrogen-bond acceptors (Lipinski definition) is 5.